The fraction of sp³-hybridized carbons (Fsp3) is 0.273. The van der Waals surface area contributed by atoms with Crippen molar-refractivity contribution in [1.82, 2.24) is 9.71 Å². The largest absolute Gasteiger partial charge is 0.306 e. The molecule has 3 atom stereocenters. The maximum atomic E-state index is 14.4. The van der Waals surface area contributed by atoms with E-state index in [1.54, 1.807) is 4.90 Å². The minimum atomic E-state index is -4.09. The molecule has 6 rings (SSSR count). The van der Waals surface area contributed by atoms with E-state index in [1.807, 2.05) is 61.5 Å². The van der Waals surface area contributed by atoms with Crippen LogP contribution in [0.5, 0.6) is 0 Å². The number of amides is 1. The van der Waals surface area contributed by atoms with E-state index in [2.05, 4.69) is 21.8 Å². The third-order valence-electron chi connectivity index (χ3n) is 8.05. The van der Waals surface area contributed by atoms with E-state index in [-0.39, 0.29) is 22.6 Å². The van der Waals surface area contributed by atoms with Gasteiger partial charge in [0.25, 0.3) is 0 Å². The lowest BCUT2D eigenvalue weighted by Crippen LogP contribution is -2.34. The van der Waals surface area contributed by atoms with Gasteiger partial charge in [-0.1, -0.05) is 54.6 Å². The number of pyridine rings is 1. The molecule has 6 nitrogen and oxygen atoms in total. The van der Waals surface area contributed by atoms with E-state index < -0.39 is 21.9 Å². The van der Waals surface area contributed by atoms with E-state index in [1.165, 1.54) is 18.2 Å². The molecule has 41 heavy (non-hydrogen) atoms. The van der Waals surface area contributed by atoms with Crippen LogP contribution in [0.2, 0.25) is 0 Å². The predicted octanol–water partition coefficient (Wildman–Crippen LogP) is 6.22. The van der Waals surface area contributed by atoms with E-state index in [0.29, 0.717) is 18.7 Å². The minimum absolute atomic E-state index is 0.0291. The summed E-state index contributed by atoms with van der Waals surface area (Å²) >= 11 is 0. The van der Waals surface area contributed by atoms with Crippen LogP contribution in [-0.2, 0) is 27.8 Å². The smallest absolute Gasteiger partial charge is 0.244 e. The number of carbonyl (C=O) groups excluding carboxylic acids is 1. The summed E-state index contributed by atoms with van der Waals surface area (Å²) in [5.41, 5.74) is 5.36. The molecule has 1 N–H and O–H groups in total. The van der Waals surface area contributed by atoms with Gasteiger partial charge < -0.3 is 4.90 Å². The van der Waals surface area contributed by atoms with Gasteiger partial charge in [-0.15, -0.1) is 0 Å². The van der Waals surface area contributed by atoms with Crippen molar-refractivity contribution in [3.8, 4) is 0 Å². The Hall–Kier alpha value is -3.88. The number of hydrogen-bond acceptors (Lipinski definition) is 4. The monoisotopic (exact) mass is 569 g/mol. The Morgan fingerprint density at radius 1 is 1.00 bits per heavy atom. The number of benzene rings is 3. The first-order valence-corrected chi connectivity index (χ1v) is 15.5. The average Bonchev–Trinajstić information content (AvgIpc) is 3.77. The SMILES string of the molecule is Cc1cccc(CN(C(=O)[C@H]2C[C@@H]2c2ccccc2)c2ccc3c(c2)[C@@H](NS(=O)(=O)c2ccccc2F)CCC3)n1. The van der Waals surface area contributed by atoms with Gasteiger partial charge in [0.05, 0.1) is 12.2 Å². The van der Waals surface area contributed by atoms with Crippen LogP contribution in [0, 0.1) is 18.7 Å². The molecule has 8 heteroatoms. The molecule has 2 aliphatic carbocycles. The number of aryl methyl sites for hydroxylation is 2. The summed E-state index contributed by atoms with van der Waals surface area (Å²) in [4.78, 5) is 20.1. The van der Waals surface area contributed by atoms with E-state index in [4.69, 9.17) is 0 Å². The molecule has 2 aliphatic rings. The number of rotatable bonds is 8. The Kier molecular flexibility index (Phi) is 7.45. The number of fused-ring (bicyclic) bond motifs is 1. The maximum Gasteiger partial charge on any atom is 0.244 e. The number of aromatic nitrogens is 1. The summed E-state index contributed by atoms with van der Waals surface area (Å²) in [6, 6.07) is 26.6. The Balaban J connectivity index is 1.33. The van der Waals surface area contributed by atoms with Crippen LogP contribution in [0.3, 0.4) is 0 Å². The fourth-order valence-corrected chi connectivity index (χ4v) is 7.20. The summed E-state index contributed by atoms with van der Waals surface area (Å²) in [5.74, 6) is -0.714. The van der Waals surface area contributed by atoms with Crippen LogP contribution in [0.25, 0.3) is 0 Å². The Morgan fingerprint density at radius 2 is 1.78 bits per heavy atom. The molecule has 1 amide bonds. The molecule has 0 spiro atoms. The number of nitrogens with one attached hydrogen (secondary N) is 1. The van der Waals surface area contributed by atoms with Crippen molar-refractivity contribution in [2.24, 2.45) is 5.92 Å². The lowest BCUT2D eigenvalue weighted by Gasteiger charge is -2.29. The van der Waals surface area contributed by atoms with Crippen molar-refractivity contribution in [2.45, 2.75) is 56.0 Å². The van der Waals surface area contributed by atoms with Crippen LogP contribution in [0.15, 0.2) is 95.9 Å². The third-order valence-corrected chi connectivity index (χ3v) is 9.55. The molecule has 1 fully saturated rings. The molecule has 210 valence electrons. The second-order valence-electron chi connectivity index (χ2n) is 10.9. The molecule has 1 aromatic heterocycles. The van der Waals surface area contributed by atoms with Gasteiger partial charge in [0, 0.05) is 23.3 Å². The van der Waals surface area contributed by atoms with Crippen LogP contribution in [0.4, 0.5) is 10.1 Å². The minimum Gasteiger partial charge on any atom is -0.306 e. The Labute approximate surface area is 240 Å². The van der Waals surface area contributed by atoms with Crippen molar-refractivity contribution in [2.75, 3.05) is 4.90 Å². The highest BCUT2D eigenvalue weighted by molar-refractivity contribution is 7.89. The van der Waals surface area contributed by atoms with Gasteiger partial charge in [0.2, 0.25) is 15.9 Å². The quantitative estimate of drug-likeness (QED) is 0.273. The van der Waals surface area contributed by atoms with E-state index in [9.17, 15) is 17.6 Å². The fourth-order valence-electron chi connectivity index (χ4n) is 5.87. The van der Waals surface area contributed by atoms with Gasteiger partial charge in [0.1, 0.15) is 10.7 Å². The molecule has 1 heterocycles. The van der Waals surface area contributed by atoms with E-state index in [0.717, 1.165) is 53.4 Å². The lowest BCUT2D eigenvalue weighted by molar-refractivity contribution is -0.120. The first kappa shape index (κ1) is 27.3. The summed E-state index contributed by atoms with van der Waals surface area (Å²) in [7, 11) is -4.09. The van der Waals surface area contributed by atoms with Gasteiger partial charge in [-0.05, 0) is 91.6 Å². The van der Waals surface area contributed by atoms with Crippen LogP contribution >= 0.6 is 0 Å². The van der Waals surface area contributed by atoms with Gasteiger partial charge in [0.15, 0.2) is 0 Å². The summed E-state index contributed by atoms with van der Waals surface area (Å²) in [6.07, 6.45) is 2.97. The lowest BCUT2D eigenvalue weighted by atomic mass is 9.87. The standard InChI is InChI=1S/C33H32FN3O3S/c1-22-9-7-13-25(35-22)21-37(33(38)29-20-27(29)23-10-3-2-4-11-23)26-18-17-24-12-8-15-31(28(24)19-26)36-41(39,40)32-16-6-5-14-30(32)34/h2-7,9-11,13-14,16-19,27,29,31,36H,8,12,15,20-21H2,1H3/t27-,29+,31+/m1/s1. The number of nitrogens with zero attached hydrogens (tertiary/aromatic N) is 2. The molecule has 1 saturated carbocycles. The van der Waals surface area contributed by atoms with Crippen molar-refractivity contribution in [1.29, 1.82) is 0 Å². The van der Waals surface area contributed by atoms with Gasteiger partial charge in [-0.2, -0.15) is 0 Å². The zero-order chi connectivity index (χ0) is 28.6. The Bertz CT molecular complexity index is 1690. The van der Waals surface area contributed by atoms with Gasteiger partial charge in [-0.3, -0.25) is 9.78 Å². The summed E-state index contributed by atoms with van der Waals surface area (Å²) in [5, 5.41) is 0. The zero-order valence-electron chi connectivity index (χ0n) is 22.8. The molecule has 4 aromatic rings. The van der Waals surface area contributed by atoms with Gasteiger partial charge in [-0.25, -0.2) is 17.5 Å². The summed E-state index contributed by atoms with van der Waals surface area (Å²) < 4.78 is 43.5. The van der Waals surface area contributed by atoms with Crippen LogP contribution in [0.1, 0.15) is 59.3 Å². The molecule has 0 saturated heterocycles. The number of anilines is 1. The summed E-state index contributed by atoms with van der Waals surface area (Å²) in [6.45, 7) is 2.23. The molecule has 3 aromatic carbocycles. The second-order valence-corrected chi connectivity index (χ2v) is 12.6. The van der Waals surface area contributed by atoms with Gasteiger partial charge >= 0.3 is 0 Å². The van der Waals surface area contributed by atoms with Crippen LogP contribution < -0.4 is 9.62 Å². The molecule has 0 aliphatic heterocycles. The Morgan fingerprint density at radius 3 is 2.56 bits per heavy atom. The van der Waals surface area contributed by atoms with Crippen molar-refractivity contribution in [3.05, 3.63) is 125 Å². The first-order chi connectivity index (χ1) is 19.8. The number of carbonyl (C=O) groups is 1. The van der Waals surface area contributed by atoms with Crippen LogP contribution in [-0.4, -0.2) is 19.3 Å². The maximum absolute atomic E-state index is 14.4. The first-order valence-electron chi connectivity index (χ1n) is 14.0. The molecular formula is C33H32FN3O3S. The van der Waals surface area contributed by atoms with Crippen molar-refractivity contribution < 1.29 is 17.6 Å². The normalized spacial score (nSPS) is 19.8. The predicted molar refractivity (Wildman–Crippen MR) is 156 cm³/mol. The highest BCUT2D eigenvalue weighted by Crippen LogP contribution is 2.49. The van der Waals surface area contributed by atoms with Crippen molar-refractivity contribution in [3.63, 3.8) is 0 Å². The number of halogens is 1. The molecule has 0 bridgehead atoms. The molecule has 0 radical (unpaired) electrons. The average molecular weight is 570 g/mol. The number of sulfonamides is 1. The number of hydrogen-bond donors (Lipinski definition) is 1. The zero-order valence-corrected chi connectivity index (χ0v) is 23.6. The molecule has 0 unspecified atom stereocenters. The second kappa shape index (κ2) is 11.2. The third kappa shape index (κ3) is 5.80. The molecular weight excluding hydrogens is 537 g/mol. The topological polar surface area (TPSA) is 79.4 Å². The highest BCUT2D eigenvalue weighted by atomic mass is 32.2. The van der Waals surface area contributed by atoms with Crippen molar-refractivity contribution >= 4 is 21.6 Å². The van der Waals surface area contributed by atoms with E-state index >= 15 is 0 Å². The highest BCUT2D eigenvalue weighted by Gasteiger charge is 2.46.